The lowest BCUT2D eigenvalue weighted by atomic mass is 10.1. The maximum atomic E-state index is 11.3. The van der Waals surface area contributed by atoms with E-state index in [0.29, 0.717) is 24.8 Å². The summed E-state index contributed by atoms with van der Waals surface area (Å²) in [5.41, 5.74) is 3.01. The molecule has 0 bridgehead atoms. The van der Waals surface area contributed by atoms with Gasteiger partial charge in [0.1, 0.15) is 0 Å². The lowest BCUT2D eigenvalue weighted by Gasteiger charge is -2.22. The molecule has 0 spiro atoms. The summed E-state index contributed by atoms with van der Waals surface area (Å²) in [7, 11) is 3.16. The third kappa shape index (κ3) is 6.49. The molecule has 1 saturated heterocycles. The fraction of sp³-hybridized carbons (Fsp3) is 0.391. The van der Waals surface area contributed by atoms with Gasteiger partial charge in [0.2, 0.25) is 0 Å². The topological polar surface area (TPSA) is 75.2 Å². The Morgan fingerprint density at radius 1 is 1.13 bits per heavy atom. The van der Waals surface area contributed by atoms with Gasteiger partial charge in [-0.05, 0) is 29.7 Å². The lowest BCUT2D eigenvalue weighted by molar-refractivity contribution is 0.0906. The predicted molar refractivity (Wildman–Crippen MR) is 118 cm³/mol. The largest absolute Gasteiger partial charge is 0.453 e. The molecule has 0 radical (unpaired) electrons. The number of rotatable bonds is 7. The number of amides is 1. The molecule has 1 fully saturated rings. The maximum absolute atomic E-state index is 11.3. The van der Waals surface area contributed by atoms with Crippen LogP contribution in [0.2, 0.25) is 0 Å². The quantitative estimate of drug-likeness (QED) is 0.540. The van der Waals surface area contributed by atoms with E-state index in [-0.39, 0.29) is 0 Å². The van der Waals surface area contributed by atoms with E-state index in [1.165, 1.54) is 12.7 Å². The third-order valence-corrected chi connectivity index (χ3v) is 5.10. The molecule has 2 N–H and O–H groups in total. The number of carbonyl (C=O) groups is 1. The Hall–Kier alpha value is -3.06. The van der Waals surface area contributed by atoms with Gasteiger partial charge in [-0.1, -0.05) is 42.5 Å². The second-order valence-electron chi connectivity index (χ2n) is 7.32. The van der Waals surface area contributed by atoms with Crippen molar-refractivity contribution in [1.29, 1.82) is 0 Å². The van der Waals surface area contributed by atoms with Crippen molar-refractivity contribution < 1.29 is 14.3 Å². The highest BCUT2D eigenvalue weighted by Crippen LogP contribution is 2.18. The SMILES string of the molecule is CN=C(NCc1ccc(NC(=O)OC)cc1)N1CCC(COCc2ccccc2)C1. The van der Waals surface area contributed by atoms with E-state index in [4.69, 9.17) is 4.74 Å². The highest BCUT2D eigenvalue weighted by molar-refractivity contribution is 5.84. The zero-order chi connectivity index (χ0) is 21.2. The highest BCUT2D eigenvalue weighted by atomic mass is 16.5. The molecular formula is C23H30N4O3. The van der Waals surface area contributed by atoms with Gasteiger partial charge < -0.3 is 19.7 Å². The standard InChI is InChI=1S/C23H30N4O3/c1-24-22(25-14-18-8-10-21(11-9-18)26-23(28)29-2)27-13-12-20(15-27)17-30-16-19-6-4-3-5-7-19/h3-11,20H,12-17H2,1-2H3,(H,24,25)(H,26,28). The van der Waals surface area contributed by atoms with E-state index in [1.807, 2.05) is 49.5 Å². The fourth-order valence-corrected chi connectivity index (χ4v) is 3.47. The van der Waals surface area contributed by atoms with Crippen LogP contribution in [0.15, 0.2) is 59.6 Å². The van der Waals surface area contributed by atoms with Crippen LogP contribution in [0.25, 0.3) is 0 Å². The molecule has 30 heavy (non-hydrogen) atoms. The molecule has 1 aliphatic rings. The summed E-state index contributed by atoms with van der Waals surface area (Å²) in [5, 5.41) is 6.07. The number of anilines is 1. The van der Waals surface area contributed by atoms with Gasteiger partial charge in [0, 0.05) is 38.3 Å². The summed E-state index contributed by atoms with van der Waals surface area (Å²) in [6, 6.07) is 17.9. The van der Waals surface area contributed by atoms with Crippen molar-refractivity contribution in [3.63, 3.8) is 0 Å². The van der Waals surface area contributed by atoms with Crippen LogP contribution >= 0.6 is 0 Å². The number of methoxy groups -OCH3 is 1. The molecule has 7 heteroatoms. The molecule has 0 saturated carbocycles. The first-order chi connectivity index (χ1) is 14.7. The van der Waals surface area contributed by atoms with Crippen LogP contribution in [0.1, 0.15) is 17.5 Å². The number of nitrogens with one attached hydrogen (secondary N) is 2. The summed E-state index contributed by atoms with van der Waals surface area (Å²) in [6.45, 7) is 4.00. The highest BCUT2D eigenvalue weighted by Gasteiger charge is 2.24. The summed E-state index contributed by atoms with van der Waals surface area (Å²) in [5.74, 6) is 1.41. The van der Waals surface area contributed by atoms with E-state index in [0.717, 1.165) is 37.6 Å². The normalized spacial score (nSPS) is 16.4. The minimum Gasteiger partial charge on any atom is -0.453 e. The molecule has 0 aliphatic carbocycles. The van der Waals surface area contributed by atoms with Gasteiger partial charge in [-0.2, -0.15) is 0 Å². The zero-order valence-corrected chi connectivity index (χ0v) is 17.6. The second kappa shape index (κ2) is 11.2. The van der Waals surface area contributed by atoms with Gasteiger partial charge in [-0.15, -0.1) is 0 Å². The van der Waals surface area contributed by atoms with Crippen molar-refractivity contribution in [2.75, 3.05) is 39.2 Å². The number of aliphatic imine (C=N–C) groups is 1. The first-order valence-corrected chi connectivity index (χ1v) is 10.2. The van der Waals surface area contributed by atoms with Crippen LogP contribution in [0.3, 0.4) is 0 Å². The maximum Gasteiger partial charge on any atom is 0.411 e. The minimum absolute atomic E-state index is 0.474. The van der Waals surface area contributed by atoms with E-state index in [2.05, 4.69) is 37.4 Å². The van der Waals surface area contributed by atoms with Crippen molar-refractivity contribution >= 4 is 17.7 Å². The Bertz CT molecular complexity index is 824. The molecular weight excluding hydrogens is 380 g/mol. The van der Waals surface area contributed by atoms with Gasteiger partial charge in [-0.25, -0.2) is 4.79 Å². The van der Waals surface area contributed by atoms with Crippen molar-refractivity contribution in [3.8, 4) is 0 Å². The van der Waals surface area contributed by atoms with Gasteiger partial charge in [0.05, 0.1) is 20.3 Å². The molecule has 160 valence electrons. The minimum atomic E-state index is -0.474. The Morgan fingerprint density at radius 3 is 2.60 bits per heavy atom. The number of ether oxygens (including phenoxy) is 2. The van der Waals surface area contributed by atoms with Crippen LogP contribution in [0.4, 0.5) is 10.5 Å². The molecule has 1 heterocycles. The number of benzene rings is 2. The molecule has 0 aromatic heterocycles. The Kier molecular flexibility index (Phi) is 8.09. The van der Waals surface area contributed by atoms with Crippen molar-refractivity contribution in [2.24, 2.45) is 10.9 Å². The average Bonchev–Trinajstić information content (AvgIpc) is 3.24. The number of carbonyl (C=O) groups excluding carboxylic acids is 1. The molecule has 1 aliphatic heterocycles. The molecule has 1 atom stereocenters. The summed E-state index contributed by atoms with van der Waals surface area (Å²) in [6.07, 6.45) is 0.626. The molecule has 7 nitrogen and oxygen atoms in total. The number of guanidine groups is 1. The second-order valence-corrected chi connectivity index (χ2v) is 7.32. The number of hydrogen-bond donors (Lipinski definition) is 2. The number of likely N-dealkylation sites (tertiary alicyclic amines) is 1. The van der Waals surface area contributed by atoms with Crippen molar-refractivity contribution in [2.45, 2.75) is 19.6 Å². The third-order valence-electron chi connectivity index (χ3n) is 5.10. The number of nitrogens with zero attached hydrogens (tertiary/aromatic N) is 2. The van der Waals surface area contributed by atoms with Crippen LogP contribution in [-0.4, -0.2) is 50.8 Å². The fourth-order valence-electron chi connectivity index (χ4n) is 3.47. The molecule has 2 aromatic carbocycles. The van der Waals surface area contributed by atoms with Gasteiger partial charge >= 0.3 is 6.09 Å². The zero-order valence-electron chi connectivity index (χ0n) is 17.6. The smallest absolute Gasteiger partial charge is 0.411 e. The van der Waals surface area contributed by atoms with Gasteiger partial charge in [0.25, 0.3) is 0 Å². The molecule has 1 unspecified atom stereocenters. The Morgan fingerprint density at radius 2 is 1.90 bits per heavy atom. The average molecular weight is 411 g/mol. The molecule has 3 rings (SSSR count). The lowest BCUT2D eigenvalue weighted by Crippen LogP contribution is -2.39. The molecule has 2 aromatic rings. The van der Waals surface area contributed by atoms with Gasteiger partial charge in [-0.3, -0.25) is 10.3 Å². The van der Waals surface area contributed by atoms with E-state index in [9.17, 15) is 4.79 Å². The monoisotopic (exact) mass is 410 g/mol. The number of hydrogen-bond acceptors (Lipinski definition) is 4. The summed E-state index contributed by atoms with van der Waals surface area (Å²) in [4.78, 5) is 18.0. The Balaban J connectivity index is 1.41. The van der Waals surface area contributed by atoms with E-state index >= 15 is 0 Å². The van der Waals surface area contributed by atoms with Crippen LogP contribution < -0.4 is 10.6 Å². The van der Waals surface area contributed by atoms with Gasteiger partial charge in [0.15, 0.2) is 5.96 Å². The van der Waals surface area contributed by atoms with Crippen LogP contribution in [0, 0.1) is 5.92 Å². The first kappa shape index (κ1) is 21.6. The van der Waals surface area contributed by atoms with E-state index in [1.54, 1.807) is 0 Å². The predicted octanol–water partition coefficient (Wildman–Crippen LogP) is 3.48. The summed E-state index contributed by atoms with van der Waals surface area (Å²) >= 11 is 0. The van der Waals surface area contributed by atoms with Crippen molar-refractivity contribution in [1.82, 2.24) is 10.2 Å². The summed E-state index contributed by atoms with van der Waals surface area (Å²) < 4.78 is 10.5. The first-order valence-electron chi connectivity index (χ1n) is 10.2. The van der Waals surface area contributed by atoms with Crippen LogP contribution in [-0.2, 0) is 22.6 Å². The van der Waals surface area contributed by atoms with E-state index < -0.39 is 6.09 Å². The Labute approximate surface area is 178 Å². The van der Waals surface area contributed by atoms with Crippen LogP contribution in [0.5, 0.6) is 0 Å². The molecule has 1 amide bonds. The van der Waals surface area contributed by atoms with Crippen molar-refractivity contribution in [3.05, 3.63) is 65.7 Å².